The lowest BCUT2D eigenvalue weighted by Crippen LogP contribution is -2.21. The predicted octanol–water partition coefficient (Wildman–Crippen LogP) is 1.93. The van der Waals surface area contributed by atoms with Gasteiger partial charge in [0, 0.05) is 13.3 Å². The number of nitrogens with zero attached hydrogens (tertiary/aromatic N) is 1. The molecule has 6 heteroatoms. The molecule has 1 atom stereocenters. The quantitative estimate of drug-likeness (QED) is 0.806. The SMILES string of the molecule is COCC(Sc1ccc(Cl)cn1)C(=O)O. The van der Waals surface area contributed by atoms with Crippen LogP contribution in [0.4, 0.5) is 0 Å². The summed E-state index contributed by atoms with van der Waals surface area (Å²) in [6.07, 6.45) is 1.48. The van der Waals surface area contributed by atoms with Crippen LogP contribution in [-0.2, 0) is 9.53 Å². The van der Waals surface area contributed by atoms with Gasteiger partial charge in [-0.1, -0.05) is 23.4 Å². The molecule has 0 aliphatic rings. The maximum Gasteiger partial charge on any atom is 0.319 e. The van der Waals surface area contributed by atoms with E-state index in [9.17, 15) is 4.79 Å². The zero-order valence-electron chi connectivity index (χ0n) is 8.01. The lowest BCUT2D eigenvalue weighted by Gasteiger charge is -2.09. The number of thioether (sulfide) groups is 1. The molecule has 82 valence electrons. The number of ether oxygens (including phenoxy) is 1. The molecular weight excluding hydrogens is 238 g/mol. The molecule has 0 aliphatic carbocycles. The Kier molecular flexibility index (Phi) is 4.87. The van der Waals surface area contributed by atoms with Crippen molar-refractivity contribution in [1.29, 1.82) is 0 Å². The van der Waals surface area contributed by atoms with Gasteiger partial charge < -0.3 is 9.84 Å². The second kappa shape index (κ2) is 5.95. The molecule has 0 saturated heterocycles. The summed E-state index contributed by atoms with van der Waals surface area (Å²) in [6, 6.07) is 3.35. The Morgan fingerprint density at radius 1 is 1.73 bits per heavy atom. The van der Waals surface area contributed by atoms with Crippen LogP contribution >= 0.6 is 23.4 Å². The fraction of sp³-hybridized carbons (Fsp3) is 0.333. The van der Waals surface area contributed by atoms with E-state index in [1.807, 2.05) is 0 Å². The Balaban J connectivity index is 2.65. The number of halogens is 1. The minimum atomic E-state index is -0.918. The van der Waals surface area contributed by atoms with Crippen molar-refractivity contribution < 1.29 is 14.6 Å². The molecule has 1 unspecified atom stereocenters. The third-order valence-electron chi connectivity index (χ3n) is 1.56. The zero-order valence-corrected chi connectivity index (χ0v) is 9.59. The van der Waals surface area contributed by atoms with Crippen LogP contribution in [0.5, 0.6) is 0 Å². The first-order chi connectivity index (χ1) is 7.13. The van der Waals surface area contributed by atoms with Crippen LogP contribution in [0.15, 0.2) is 23.4 Å². The number of pyridine rings is 1. The lowest BCUT2D eigenvalue weighted by atomic mass is 10.4. The van der Waals surface area contributed by atoms with Crippen molar-refractivity contribution >= 4 is 29.3 Å². The van der Waals surface area contributed by atoms with Gasteiger partial charge in [0.1, 0.15) is 5.25 Å². The van der Waals surface area contributed by atoms with Crippen molar-refractivity contribution in [2.24, 2.45) is 0 Å². The van der Waals surface area contributed by atoms with Gasteiger partial charge >= 0.3 is 5.97 Å². The van der Waals surface area contributed by atoms with E-state index in [1.165, 1.54) is 13.3 Å². The first kappa shape index (κ1) is 12.3. The molecule has 1 heterocycles. The molecule has 0 saturated carbocycles. The largest absolute Gasteiger partial charge is 0.480 e. The van der Waals surface area contributed by atoms with Gasteiger partial charge in [0.25, 0.3) is 0 Å². The number of hydrogen-bond acceptors (Lipinski definition) is 4. The maximum atomic E-state index is 10.8. The lowest BCUT2D eigenvalue weighted by molar-refractivity contribution is -0.137. The zero-order chi connectivity index (χ0) is 11.3. The van der Waals surface area contributed by atoms with Gasteiger partial charge in [-0.05, 0) is 12.1 Å². The average molecular weight is 248 g/mol. The number of methoxy groups -OCH3 is 1. The van der Waals surface area contributed by atoms with Crippen LogP contribution in [0.3, 0.4) is 0 Å². The molecule has 1 aromatic heterocycles. The summed E-state index contributed by atoms with van der Waals surface area (Å²) < 4.78 is 4.81. The Morgan fingerprint density at radius 3 is 2.93 bits per heavy atom. The molecule has 0 bridgehead atoms. The predicted molar refractivity (Wildman–Crippen MR) is 58.4 cm³/mol. The number of hydrogen-bond donors (Lipinski definition) is 1. The fourth-order valence-electron chi connectivity index (χ4n) is 0.885. The van der Waals surface area contributed by atoms with E-state index in [1.54, 1.807) is 12.1 Å². The number of carboxylic acids is 1. The second-order valence-corrected chi connectivity index (χ2v) is 4.37. The topological polar surface area (TPSA) is 59.4 Å². The fourth-order valence-corrected chi connectivity index (χ4v) is 1.85. The van der Waals surface area contributed by atoms with Crippen LogP contribution in [0.25, 0.3) is 0 Å². The molecule has 1 aromatic rings. The van der Waals surface area contributed by atoms with Crippen molar-refractivity contribution in [2.75, 3.05) is 13.7 Å². The molecular formula is C9H10ClNO3S. The highest BCUT2D eigenvalue weighted by Gasteiger charge is 2.19. The van der Waals surface area contributed by atoms with E-state index in [0.717, 1.165) is 11.8 Å². The standard InChI is InChI=1S/C9H10ClNO3S/c1-14-5-7(9(12)13)15-8-3-2-6(10)4-11-8/h2-4,7H,5H2,1H3,(H,12,13). The smallest absolute Gasteiger partial charge is 0.319 e. The van der Waals surface area contributed by atoms with Gasteiger partial charge in [-0.3, -0.25) is 4.79 Å². The third-order valence-corrected chi connectivity index (χ3v) is 2.89. The third kappa shape index (κ3) is 4.07. The van der Waals surface area contributed by atoms with E-state index in [0.29, 0.717) is 10.0 Å². The molecule has 0 aromatic carbocycles. The first-order valence-electron chi connectivity index (χ1n) is 4.13. The van der Waals surface area contributed by atoms with Crippen molar-refractivity contribution in [3.8, 4) is 0 Å². The Morgan fingerprint density at radius 2 is 2.47 bits per heavy atom. The van der Waals surface area contributed by atoms with Gasteiger partial charge in [-0.25, -0.2) is 4.98 Å². The summed E-state index contributed by atoms with van der Waals surface area (Å²) in [5, 5.41) is 9.36. The number of rotatable bonds is 5. The summed E-state index contributed by atoms with van der Waals surface area (Å²) in [7, 11) is 1.46. The van der Waals surface area contributed by atoms with Crippen molar-refractivity contribution in [1.82, 2.24) is 4.98 Å². The maximum absolute atomic E-state index is 10.8. The summed E-state index contributed by atoms with van der Waals surface area (Å²) in [4.78, 5) is 14.8. The van der Waals surface area contributed by atoms with E-state index in [2.05, 4.69) is 4.98 Å². The van der Waals surface area contributed by atoms with Crippen molar-refractivity contribution in [3.05, 3.63) is 23.4 Å². The molecule has 0 aliphatic heterocycles. The molecule has 1 rings (SSSR count). The average Bonchev–Trinajstić information content (AvgIpc) is 2.20. The number of carbonyl (C=O) groups is 1. The molecule has 0 amide bonds. The number of aromatic nitrogens is 1. The van der Waals surface area contributed by atoms with Crippen molar-refractivity contribution in [3.63, 3.8) is 0 Å². The summed E-state index contributed by atoms with van der Waals surface area (Å²) >= 11 is 6.79. The monoisotopic (exact) mass is 247 g/mol. The highest BCUT2D eigenvalue weighted by atomic mass is 35.5. The van der Waals surface area contributed by atoms with Gasteiger partial charge in [0.2, 0.25) is 0 Å². The van der Waals surface area contributed by atoms with Gasteiger partial charge in [0.15, 0.2) is 0 Å². The van der Waals surface area contributed by atoms with E-state index >= 15 is 0 Å². The second-order valence-electron chi connectivity index (χ2n) is 2.71. The molecule has 0 radical (unpaired) electrons. The van der Waals surface area contributed by atoms with E-state index in [-0.39, 0.29) is 6.61 Å². The van der Waals surface area contributed by atoms with Crippen LogP contribution in [0, 0.1) is 0 Å². The van der Waals surface area contributed by atoms with Crippen LogP contribution < -0.4 is 0 Å². The molecule has 0 spiro atoms. The molecule has 4 nitrogen and oxygen atoms in total. The van der Waals surface area contributed by atoms with Gasteiger partial charge in [-0.15, -0.1) is 0 Å². The highest BCUT2D eigenvalue weighted by molar-refractivity contribution is 8.00. The summed E-state index contributed by atoms with van der Waals surface area (Å²) in [6.45, 7) is 0.143. The Labute approximate surface area is 96.6 Å². The number of carboxylic acid groups (broad SMARTS) is 1. The minimum absolute atomic E-state index is 0.143. The Hall–Kier alpha value is -0.780. The molecule has 15 heavy (non-hydrogen) atoms. The van der Waals surface area contributed by atoms with Crippen LogP contribution in [-0.4, -0.2) is 35.0 Å². The molecule has 1 N–H and O–H groups in total. The van der Waals surface area contributed by atoms with Gasteiger partial charge in [-0.2, -0.15) is 0 Å². The minimum Gasteiger partial charge on any atom is -0.480 e. The first-order valence-corrected chi connectivity index (χ1v) is 5.39. The Bertz CT molecular complexity index is 331. The highest BCUT2D eigenvalue weighted by Crippen LogP contribution is 2.22. The normalized spacial score (nSPS) is 12.4. The summed E-state index contributed by atoms with van der Waals surface area (Å²) in [5.41, 5.74) is 0. The molecule has 0 fully saturated rings. The van der Waals surface area contributed by atoms with E-state index < -0.39 is 11.2 Å². The summed E-state index contributed by atoms with van der Waals surface area (Å²) in [5.74, 6) is -0.918. The van der Waals surface area contributed by atoms with E-state index in [4.69, 9.17) is 21.4 Å². The van der Waals surface area contributed by atoms with Crippen molar-refractivity contribution in [2.45, 2.75) is 10.3 Å². The van der Waals surface area contributed by atoms with Gasteiger partial charge in [0.05, 0.1) is 16.7 Å². The van der Waals surface area contributed by atoms with Crippen LogP contribution in [0.2, 0.25) is 5.02 Å². The van der Waals surface area contributed by atoms with Crippen LogP contribution in [0.1, 0.15) is 0 Å². The number of aliphatic carboxylic acids is 1.